The number of halogens is 2. The molecule has 6 aromatic carbocycles. The van der Waals surface area contributed by atoms with Gasteiger partial charge in [-0.3, -0.25) is 30.4 Å². The molecule has 74 heavy (non-hydrogen) atoms. The molecule has 0 saturated carbocycles. The van der Waals surface area contributed by atoms with E-state index in [0.29, 0.717) is 33.2 Å². The van der Waals surface area contributed by atoms with Crippen molar-refractivity contribution >= 4 is 45.8 Å². The third kappa shape index (κ3) is 10.9. The predicted molar refractivity (Wildman–Crippen MR) is 273 cm³/mol. The van der Waals surface area contributed by atoms with Gasteiger partial charge in [-0.25, -0.2) is 28.4 Å². The lowest BCUT2D eigenvalue weighted by atomic mass is 9.99. The maximum absolute atomic E-state index is 14.2. The van der Waals surface area contributed by atoms with Gasteiger partial charge in [-0.2, -0.15) is 0 Å². The summed E-state index contributed by atoms with van der Waals surface area (Å²) in [5, 5.41) is 14.6. The smallest absolute Gasteiger partial charge is 0.427 e. The standard InChI is InChI=1S/C34H29FN4O4.C21H19FN4O4.CH4/c1-38(2)37-34(41)43-31-26-14-9-19-36-29(26)32(42-30(23-10-5-3-6-11-23)24-12-7-4-8-13-24)28-27(31)21-39(33(28)40)20-22-15-17-25(35)18-16-22;1-25(2)24-21(29)30-19-14-4-3-9-23-17(14)18(27)16-15(19)11-26(20(16)28)10-12-5-7-13(22)8-6-12;/h3-19,30H,20-21H2,1-2H3,(H,37,41);3-9,27H,10-11H2,1-2H3,(H,24,29);1H4. The third-order valence-corrected chi connectivity index (χ3v) is 11.9. The Hall–Kier alpha value is -9.00. The van der Waals surface area contributed by atoms with Crippen LogP contribution in [0.3, 0.4) is 0 Å². The van der Waals surface area contributed by atoms with Crippen molar-refractivity contribution in [3.8, 4) is 23.0 Å². The summed E-state index contributed by atoms with van der Waals surface area (Å²) >= 11 is 0. The van der Waals surface area contributed by atoms with Crippen molar-refractivity contribution in [3.05, 3.63) is 202 Å². The van der Waals surface area contributed by atoms with Gasteiger partial charge >= 0.3 is 12.2 Å². The first-order valence-corrected chi connectivity index (χ1v) is 23.0. The molecule has 4 heterocycles. The minimum atomic E-state index is -0.734. The normalized spacial score (nSPS) is 12.6. The molecule has 0 fully saturated rings. The monoisotopic (exact) mass is 1000 g/mol. The Morgan fingerprint density at radius 3 is 1.47 bits per heavy atom. The molecular formula is C56H52F2N8O8. The number of hydrazine groups is 2. The summed E-state index contributed by atoms with van der Waals surface area (Å²) in [7, 11) is 6.61. The molecule has 3 N–H and O–H groups in total. The van der Waals surface area contributed by atoms with E-state index < -0.39 is 24.2 Å². The summed E-state index contributed by atoms with van der Waals surface area (Å²) in [6, 6.07) is 38.2. The van der Waals surface area contributed by atoms with Crippen LogP contribution >= 0.6 is 0 Å². The molecular weight excluding hydrogens is 951 g/mol. The molecule has 0 aliphatic carbocycles. The second-order valence-corrected chi connectivity index (χ2v) is 17.5. The quantitative estimate of drug-likeness (QED) is 0.0989. The highest BCUT2D eigenvalue weighted by atomic mass is 19.1. The molecule has 10 rings (SSSR count). The van der Waals surface area contributed by atoms with Gasteiger partial charge in [0.1, 0.15) is 40.3 Å². The van der Waals surface area contributed by atoms with Crippen molar-refractivity contribution < 1.29 is 47.3 Å². The number of pyridine rings is 2. The van der Waals surface area contributed by atoms with Crippen LogP contribution in [0.1, 0.15) is 67.6 Å². The summed E-state index contributed by atoms with van der Waals surface area (Å²) in [5.74, 6) is -1.01. The fourth-order valence-electron chi connectivity index (χ4n) is 8.74. The van der Waals surface area contributed by atoms with Crippen molar-refractivity contribution in [2.24, 2.45) is 0 Å². The largest absolute Gasteiger partial charge is 0.505 e. The zero-order valence-electron chi connectivity index (χ0n) is 40.0. The molecule has 8 aromatic rings. The number of aromatic nitrogens is 2. The number of fused-ring (bicyclic) bond motifs is 4. The number of ether oxygens (including phenoxy) is 3. The summed E-state index contributed by atoms with van der Waals surface area (Å²) in [5.41, 5.74) is 10.1. The number of hydrogen-bond acceptors (Lipinski definition) is 12. The number of carbonyl (C=O) groups is 4. The highest BCUT2D eigenvalue weighted by molar-refractivity contribution is 6.10. The second kappa shape index (κ2) is 22.2. The van der Waals surface area contributed by atoms with E-state index in [1.54, 1.807) is 87.8 Å². The van der Waals surface area contributed by atoms with Crippen molar-refractivity contribution in [1.82, 2.24) is 40.6 Å². The van der Waals surface area contributed by atoms with E-state index in [1.165, 1.54) is 45.4 Å². The number of nitrogens with one attached hydrogen (secondary N) is 2. The van der Waals surface area contributed by atoms with Crippen LogP contribution in [0.25, 0.3) is 21.8 Å². The fourth-order valence-corrected chi connectivity index (χ4v) is 8.74. The van der Waals surface area contributed by atoms with Gasteiger partial charge in [-0.1, -0.05) is 92.4 Å². The maximum Gasteiger partial charge on any atom is 0.427 e. The van der Waals surface area contributed by atoms with Gasteiger partial charge in [-0.15, -0.1) is 0 Å². The minimum absolute atomic E-state index is 0. The van der Waals surface area contributed by atoms with Crippen LogP contribution in [0.5, 0.6) is 23.0 Å². The first-order chi connectivity index (χ1) is 35.2. The summed E-state index contributed by atoms with van der Waals surface area (Å²) in [6.45, 7) is 0.703. The molecule has 0 unspecified atom stereocenters. The van der Waals surface area contributed by atoms with Gasteiger partial charge in [0, 0.05) is 75.6 Å². The average Bonchev–Trinajstić information content (AvgIpc) is 3.88. The van der Waals surface area contributed by atoms with Crippen LogP contribution in [0, 0.1) is 11.6 Å². The number of carbonyl (C=O) groups excluding carboxylic acids is 4. The lowest BCUT2D eigenvalue weighted by Gasteiger charge is -2.23. The lowest BCUT2D eigenvalue weighted by Crippen LogP contribution is -2.38. The van der Waals surface area contributed by atoms with Crippen LogP contribution in [-0.2, 0) is 26.2 Å². The highest BCUT2D eigenvalue weighted by Crippen LogP contribution is 2.47. The topological polar surface area (TPSA) is 179 Å². The predicted octanol–water partition coefficient (Wildman–Crippen LogP) is 9.70. The van der Waals surface area contributed by atoms with Crippen molar-refractivity contribution in [1.29, 1.82) is 0 Å². The van der Waals surface area contributed by atoms with Crippen LogP contribution in [0.15, 0.2) is 146 Å². The fraction of sp³-hybridized carbons (Fsp3) is 0.179. The molecule has 378 valence electrons. The van der Waals surface area contributed by atoms with E-state index in [9.17, 15) is 33.1 Å². The SMILES string of the molecule is C.CN(C)NC(=O)Oc1c2c(c(O)c3ncccc13)C(=O)N(Cc1ccc(F)cc1)C2.CN(C)NC(=O)Oc1c2c(c(OC(c3ccccc3)c3ccccc3)c3ncccc13)C(=O)N(Cc1ccc(F)cc1)C2. The number of amides is 4. The Balaban J connectivity index is 0.000000207. The zero-order chi connectivity index (χ0) is 51.3. The Bertz CT molecular complexity index is 3330. The van der Waals surface area contributed by atoms with E-state index in [-0.39, 0.29) is 85.0 Å². The molecule has 2 aliphatic heterocycles. The molecule has 18 heteroatoms. The molecule has 0 atom stereocenters. The number of phenols is 1. The Kier molecular flexibility index (Phi) is 15.4. The molecule has 0 bridgehead atoms. The summed E-state index contributed by atoms with van der Waals surface area (Å²) < 4.78 is 45.0. The van der Waals surface area contributed by atoms with Gasteiger partial charge in [0.2, 0.25) is 0 Å². The van der Waals surface area contributed by atoms with Crippen LogP contribution in [0.4, 0.5) is 18.4 Å². The average molecular weight is 1000 g/mol. The van der Waals surface area contributed by atoms with E-state index in [0.717, 1.165) is 22.3 Å². The summed E-state index contributed by atoms with van der Waals surface area (Å²) in [6.07, 6.45) is 1.10. The number of nitrogens with zero attached hydrogens (tertiary/aromatic N) is 6. The van der Waals surface area contributed by atoms with Gasteiger partial charge in [-0.05, 0) is 70.8 Å². The summed E-state index contributed by atoms with van der Waals surface area (Å²) in [4.78, 5) is 64.2. The van der Waals surface area contributed by atoms with Gasteiger partial charge in [0.05, 0.1) is 24.2 Å². The van der Waals surface area contributed by atoms with Crippen LogP contribution in [-0.4, -0.2) is 87.1 Å². The second-order valence-electron chi connectivity index (χ2n) is 17.5. The van der Waals surface area contributed by atoms with Gasteiger partial charge in [0.25, 0.3) is 11.8 Å². The first kappa shape index (κ1) is 51.4. The molecule has 0 radical (unpaired) electrons. The van der Waals surface area contributed by atoms with Crippen LogP contribution < -0.4 is 25.1 Å². The lowest BCUT2D eigenvalue weighted by molar-refractivity contribution is 0.0755. The van der Waals surface area contributed by atoms with E-state index in [2.05, 4.69) is 20.8 Å². The van der Waals surface area contributed by atoms with Crippen molar-refractivity contribution in [2.75, 3.05) is 28.2 Å². The molecule has 4 amide bonds. The van der Waals surface area contributed by atoms with Crippen molar-refractivity contribution in [2.45, 2.75) is 39.7 Å². The van der Waals surface area contributed by atoms with Crippen LogP contribution in [0.2, 0.25) is 0 Å². The number of phenolic OH excluding ortho intramolecular Hbond substituents is 1. The maximum atomic E-state index is 14.2. The number of aromatic hydroxyl groups is 1. The zero-order valence-corrected chi connectivity index (χ0v) is 40.0. The Morgan fingerprint density at radius 1 is 0.595 bits per heavy atom. The Morgan fingerprint density at radius 2 is 1.01 bits per heavy atom. The number of hydrogen-bond donors (Lipinski definition) is 3. The van der Waals surface area contributed by atoms with Crippen molar-refractivity contribution in [3.63, 3.8) is 0 Å². The van der Waals surface area contributed by atoms with E-state index >= 15 is 0 Å². The number of rotatable bonds is 12. The Labute approximate surface area is 425 Å². The molecule has 0 spiro atoms. The van der Waals surface area contributed by atoms with E-state index in [4.69, 9.17) is 14.2 Å². The molecule has 2 aliphatic rings. The minimum Gasteiger partial charge on any atom is -0.505 e. The first-order valence-electron chi connectivity index (χ1n) is 23.0. The molecule has 16 nitrogen and oxygen atoms in total. The third-order valence-electron chi connectivity index (χ3n) is 11.9. The van der Waals surface area contributed by atoms with Gasteiger partial charge < -0.3 is 29.1 Å². The number of benzene rings is 6. The highest BCUT2D eigenvalue weighted by Gasteiger charge is 2.39. The molecule has 0 saturated heterocycles. The van der Waals surface area contributed by atoms with Gasteiger partial charge in [0.15, 0.2) is 11.5 Å². The molecule has 2 aromatic heterocycles. The van der Waals surface area contributed by atoms with E-state index in [1.807, 2.05) is 60.7 Å².